The molecule has 12 heavy (non-hydrogen) atoms. The molecule has 2 fully saturated rings. The molecular formula is C10H20N2. The SMILES string of the molecule is CC1CC(NCC2CCCN2)C1. The normalized spacial score (nSPS) is 41.2. The summed E-state index contributed by atoms with van der Waals surface area (Å²) < 4.78 is 0. The molecule has 0 radical (unpaired) electrons. The van der Waals surface area contributed by atoms with Crippen molar-refractivity contribution >= 4 is 0 Å². The van der Waals surface area contributed by atoms with Gasteiger partial charge in [-0.3, -0.25) is 0 Å². The van der Waals surface area contributed by atoms with Crippen LogP contribution in [0.3, 0.4) is 0 Å². The minimum absolute atomic E-state index is 0.765. The first-order valence-corrected chi connectivity index (χ1v) is 5.31. The summed E-state index contributed by atoms with van der Waals surface area (Å²) in [5, 5.41) is 7.14. The van der Waals surface area contributed by atoms with E-state index in [1.54, 1.807) is 0 Å². The molecule has 0 aromatic heterocycles. The molecule has 0 aromatic carbocycles. The van der Waals surface area contributed by atoms with Crippen LogP contribution in [0.15, 0.2) is 0 Å². The average molecular weight is 168 g/mol. The van der Waals surface area contributed by atoms with Gasteiger partial charge in [0.2, 0.25) is 0 Å². The van der Waals surface area contributed by atoms with Gasteiger partial charge >= 0.3 is 0 Å². The van der Waals surface area contributed by atoms with Crippen LogP contribution in [-0.4, -0.2) is 25.2 Å². The maximum Gasteiger partial charge on any atom is 0.0193 e. The fourth-order valence-corrected chi connectivity index (χ4v) is 2.31. The van der Waals surface area contributed by atoms with Crippen LogP contribution in [-0.2, 0) is 0 Å². The summed E-state index contributed by atoms with van der Waals surface area (Å²) >= 11 is 0. The number of rotatable bonds is 3. The van der Waals surface area contributed by atoms with Crippen LogP contribution in [0.4, 0.5) is 0 Å². The van der Waals surface area contributed by atoms with Crippen molar-refractivity contribution < 1.29 is 0 Å². The van der Waals surface area contributed by atoms with E-state index in [9.17, 15) is 0 Å². The Morgan fingerprint density at radius 3 is 2.83 bits per heavy atom. The van der Waals surface area contributed by atoms with E-state index < -0.39 is 0 Å². The van der Waals surface area contributed by atoms with Crippen LogP contribution in [0.1, 0.15) is 32.6 Å². The molecule has 0 amide bonds. The fourth-order valence-electron chi connectivity index (χ4n) is 2.31. The van der Waals surface area contributed by atoms with E-state index in [-0.39, 0.29) is 0 Å². The highest BCUT2D eigenvalue weighted by molar-refractivity contribution is 4.85. The van der Waals surface area contributed by atoms with E-state index in [1.165, 1.54) is 38.8 Å². The Bertz CT molecular complexity index is 135. The second-order valence-electron chi connectivity index (χ2n) is 4.48. The van der Waals surface area contributed by atoms with Gasteiger partial charge in [-0.1, -0.05) is 6.92 Å². The van der Waals surface area contributed by atoms with E-state index in [0.717, 1.165) is 18.0 Å². The van der Waals surface area contributed by atoms with Crippen LogP contribution >= 0.6 is 0 Å². The van der Waals surface area contributed by atoms with Gasteiger partial charge in [0.15, 0.2) is 0 Å². The second-order valence-corrected chi connectivity index (χ2v) is 4.48. The second kappa shape index (κ2) is 3.75. The molecule has 70 valence electrons. The first kappa shape index (κ1) is 8.52. The Morgan fingerprint density at radius 1 is 1.42 bits per heavy atom. The lowest BCUT2D eigenvalue weighted by molar-refractivity contribution is 0.237. The van der Waals surface area contributed by atoms with Crippen molar-refractivity contribution in [2.24, 2.45) is 5.92 Å². The highest BCUT2D eigenvalue weighted by Gasteiger charge is 2.25. The van der Waals surface area contributed by atoms with Gasteiger partial charge in [0, 0.05) is 18.6 Å². The zero-order valence-corrected chi connectivity index (χ0v) is 7.97. The summed E-state index contributed by atoms with van der Waals surface area (Å²) in [4.78, 5) is 0. The molecule has 2 heteroatoms. The van der Waals surface area contributed by atoms with Crippen molar-refractivity contribution in [2.45, 2.75) is 44.7 Å². The van der Waals surface area contributed by atoms with Gasteiger partial charge in [0.25, 0.3) is 0 Å². The molecule has 1 atom stereocenters. The van der Waals surface area contributed by atoms with E-state index in [1.807, 2.05) is 0 Å². The molecule has 1 unspecified atom stereocenters. The van der Waals surface area contributed by atoms with Gasteiger partial charge in [-0.2, -0.15) is 0 Å². The van der Waals surface area contributed by atoms with Gasteiger partial charge < -0.3 is 10.6 Å². The lowest BCUT2D eigenvalue weighted by Crippen LogP contribution is -2.45. The summed E-state index contributed by atoms with van der Waals surface area (Å²) in [6.45, 7) is 4.76. The molecule has 2 rings (SSSR count). The number of nitrogens with one attached hydrogen (secondary N) is 2. The Balaban J connectivity index is 1.56. The average Bonchev–Trinajstić information content (AvgIpc) is 2.47. The number of hydrogen-bond acceptors (Lipinski definition) is 2. The quantitative estimate of drug-likeness (QED) is 0.660. The van der Waals surface area contributed by atoms with Crippen LogP contribution < -0.4 is 10.6 Å². The molecule has 1 aliphatic heterocycles. The van der Waals surface area contributed by atoms with E-state index in [0.29, 0.717) is 0 Å². The summed E-state index contributed by atoms with van der Waals surface area (Å²) in [6, 6.07) is 1.60. The predicted molar refractivity (Wildman–Crippen MR) is 51.2 cm³/mol. The van der Waals surface area contributed by atoms with Crippen molar-refractivity contribution in [3.63, 3.8) is 0 Å². The van der Waals surface area contributed by atoms with Gasteiger partial charge in [-0.05, 0) is 38.1 Å². The van der Waals surface area contributed by atoms with Crippen LogP contribution in [0.2, 0.25) is 0 Å². The summed E-state index contributed by atoms with van der Waals surface area (Å²) in [5.74, 6) is 0.971. The Morgan fingerprint density at radius 2 is 2.25 bits per heavy atom. The van der Waals surface area contributed by atoms with Crippen LogP contribution in [0.5, 0.6) is 0 Å². The smallest absolute Gasteiger partial charge is 0.0193 e. The first-order chi connectivity index (χ1) is 5.84. The molecule has 2 aliphatic rings. The molecular weight excluding hydrogens is 148 g/mol. The van der Waals surface area contributed by atoms with E-state index in [2.05, 4.69) is 17.6 Å². The maximum absolute atomic E-state index is 3.63. The monoisotopic (exact) mass is 168 g/mol. The lowest BCUT2D eigenvalue weighted by atomic mass is 9.82. The van der Waals surface area contributed by atoms with E-state index >= 15 is 0 Å². The maximum atomic E-state index is 3.63. The van der Waals surface area contributed by atoms with Gasteiger partial charge in [0.05, 0.1) is 0 Å². The molecule has 2 nitrogen and oxygen atoms in total. The Hall–Kier alpha value is -0.0800. The molecule has 1 heterocycles. The Labute approximate surface area is 75.1 Å². The Kier molecular flexibility index (Phi) is 2.66. The zero-order chi connectivity index (χ0) is 8.39. The molecule has 1 saturated carbocycles. The summed E-state index contributed by atoms with van der Waals surface area (Å²) in [6.07, 6.45) is 5.53. The molecule has 1 aliphatic carbocycles. The fraction of sp³-hybridized carbons (Fsp3) is 1.00. The highest BCUT2D eigenvalue weighted by Crippen LogP contribution is 2.26. The van der Waals surface area contributed by atoms with Gasteiger partial charge in [0.1, 0.15) is 0 Å². The topological polar surface area (TPSA) is 24.1 Å². The van der Waals surface area contributed by atoms with Gasteiger partial charge in [-0.15, -0.1) is 0 Å². The molecule has 0 bridgehead atoms. The highest BCUT2D eigenvalue weighted by atomic mass is 15.0. The summed E-state index contributed by atoms with van der Waals surface area (Å²) in [7, 11) is 0. The third-order valence-electron chi connectivity index (χ3n) is 3.19. The van der Waals surface area contributed by atoms with Crippen molar-refractivity contribution in [3.05, 3.63) is 0 Å². The van der Waals surface area contributed by atoms with E-state index in [4.69, 9.17) is 0 Å². The van der Waals surface area contributed by atoms with Crippen molar-refractivity contribution in [3.8, 4) is 0 Å². The van der Waals surface area contributed by atoms with Crippen molar-refractivity contribution in [2.75, 3.05) is 13.1 Å². The molecule has 1 saturated heterocycles. The lowest BCUT2D eigenvalue weighted by Gasteiger charge is -2.34. The van der Waals surface area contributed by atoms with Crippen LogP contribution in [0, 0.1) is 5.92 Å². The molecule has 2 N–H and O–H groups in total. The molecule has 0 spiro atoms. The third-order valence-corrected chi connectivity index (χ3v) is 3.19. The van der Waals surface area contributed by atoms with Crippen molar-refractivity contribution in [1.29, 1.82) is 0 Å². The number of hydrogen-bond donors (Lipinski definition) is 2. The zero-order valence-electron chi connectivity index (χ0n) is 7.97. The first-order valence-electron chi connectivity index (χ1n) is 5.31. The van der Waals surface area contributed by atoms with Crippen LogP contribution in [0.25, 0.3) is 0 Å². The third kappa shape index (κ3) is 1.99. The molecule has 0 aromatic rings. The van der Waals surface area contributed by atoms with Gasteiger partial charge in [-0.25, -0.2) is 0 Å². The predicted octanol–water partition coefficient (Wildman–Crippen LogP) is 1.13. The van der Waals surface area contributed by atoms with Crippen molar-refractivity contribution in [1.82, 2.24) is 10.6 Å². The summed E-state index contributed by atoms with van der Waals surface area (Å²) in [5.41, 5.74) is 0. The minimum Gasteiger partial charge on any atom is -0.313 e. The largest absolute Gasteiger partial charge is 0.313 e. The standard InChI is InChI=1S/C10H20N2/c1-8-5-10(6-8)12-7-9-3-2-4-11-9/h8-12H,2-7H2,1H3. The minimum atomic E-state index is 0.765.